The molecular formula is C8H11NOS. The van der Waals surface area contributed by atoms with Crippen molar-refractivity contribution in [2.24, 2.45) is 0 Å². The van der Waals surface area contributed by atoms with Crippen LogP contribution < -0.4 is 0 Å². The predicted molar refractivity (Wildman–Crippen MR) is 47.5 cm³/mol. The van der Waals surface area contributed by atoms with Gasteiger partial charge in [0, 0.05) is 11.8 Å². The summed E-state index contributed by atoms with van der Waals surface area (Å²) in [5.74, 6) is 2.80. The molecule has 1 rings (SSSR count). The molecule has 0 aliphatic heterocycles. The van der Waals surface area contributed by atoms with Crippen molar-refractivity contribution in [1.29, 1.82) is 0 Å². The van der Waals surface area contributed by atoms with E-state index in [-0.39, 0.29) is 0 Å². The van der Waals surface area contributed by atoms with Gasteiger partial charge in [-0.2, -0.15) is 0 Å². The Hall–Kier alpha value is -0.700. The van der Waals surface area contributed by atoms with Crippen LogP contribution in [0.15, 0.2) is 28.9 Å². The first kappa shape index (κ1) is 8.40. The average Bonchev–Trinajstić information content (AvgIpc) is 2.39. The van der Waals surface area contributed by atoms with Gasteiger partial charge < -0.3 is 4.52 Å². The third-order valence-corrected chi connectivity index (χ3v) is 2.27. The topological polar surface area (TPSA) is 26.0 Å². The second kappa shape index (κ2) is 4.23. The van der Waals surface area contributed by atoms with Crippen molar-refractivity contribution < 1.29 is 4.52 Å². The second-order valence-corrected chi connectivity index (χ2v) is 3.41. The minimum atomic E-state index is 0.882. The van der Waals surface area contributed by atoms with E-state index in [1.807, 2.05) is 13.0 Å². The molecule has 0 spiro atoms. The second-order valence-electron chi connectivity index (χ2n) is 2.43. The van der Waals surface area contributed by atoms with Gasteiger partial charge in [0.05, 0.1) is 11.9 Å². The summed E-state index contributed by atoms with van der Waals surface area (Å²) in [5, 5.41) is 3.61. The third kappa shape index (κ3) is 3.28. The highest BCUT2D eigenvalue weighted by Crippen LogP contribution is 2.13. The van der Waals surface area contributed by atoms with Gasteiger partial charge in [0.1, 0.15) is 5.76 Å². The van der Waals surface area contributed by atoms with Crippen molar-refractivity contribution in [3.05, 3.63) is 30.2 Å². The first-order chi connectivity index (χ1) is 5.29. The fourth-order valence-corrected chi connectivity index (χ4v) is 1.44. The molecule has 1 heterocycles. The van der Waals surface area contributed by atoms with Gasteiger partial charge in [-0.15, -0.1) is 11.8 Å². The summed E-state index contributed by atoms with van der Waals surface area (Å²) in [6.07, 6.45) is 1.66. The molecule has 1 aromatic heterocycles. The van der Waals surface area contributed by atoms with Crippen LogP contribution in [-0.4, -0.2) is 10.9 Å². The first-order valence-corrected chi connectivity index (χ1v) is 4.56. The molecular weight excluding hydrogens is 158 g/mol. The van der Waals surface area contributed by atoms with E-state index in [1.165, 1.54) is 5.57 Å². The summed E-state index contributed by atoms with van der Waals surface area (Å²) in [7, 11) is 0. The molecule has 2 nitrogen and oxygen atoms in total. The molecule has 0 aliphatic rings. The molecule has 0 bridgehead atoms. The van der Waals surface area contributed by atoms with E-state index in [9.17, 15) is 0 Å². The standard InChI is InChI=1S/C8H11NOS/c1-7(2)5-11-6-8-3-4-9-10-8/h3-4H,1,5-6H2,2H3. The lowest BCUT2D eigenvalue weighted by atomic mass is 10.4. The van der Waals surface area contributed by atoms with Crippen LogP contribution in [0.2, 0.25) is 0 Å². The minimum absolute atomic E-state index is 0.882. The van der Waals surface area contributed by atoms with Crippen LogP contribution in [0, 0.1) is 0 Å². The Morgan fingerprint density at radius 3 is 3.18 bits per heavy atom. The van der Waals surface area contributed by atoms with Crippen LogP contribution >= 0.6 is 11.8 Å². The Labute approximate surface area is 70.7 Å². The summed E-state index contributed by atoms with van der Waals surface area (Å²) in [6, 6.07) is 1.88. The van der Waals surface area contributed by atoms with Crippen LogP contribution in [-0.2, 0) is 5.75 Å². The van der Waals surface area contributed by atoms with Crippen LogP contribution in [0.1, 0.15) is 12.7 Å². The molecule has 1 aromatic rings. The lowest BCUT2D eigenvalue weighted by Gasteiger charge is -1.95. The van der Waals surface area contributed by atoms with Gasteiger partial charge in [0.25, 0.3) is 0 Å². The summed E-state index contributed by atoms with van der Waals surface area (Å²) in [6.45, 7) is 5.83. The third-order valence-electron chi connectivity index (χ3n) is 1.08. The molecule has 0 radical (unpaired) electrons. The Morgan fingerprint density at radius 2 is 2.64 bits per heavy atom. The Balaban J connectivity index is 2.19. The van der Waals surface area contributed by atoms with Crippen molar-refractivity contribution in [3.63, 3.8) is 0 Å². The minimum Gasteiger partial charge on any atom is -0.361 e. The van der Waals surface area contributed by atoms with E-state index in [4.69, 9.17) is 4.52 Å². The molecule has 0 N–H and O–H groups in total. The molecule has 0 aromatic carbocycles. The highest BCUT2D eigenvalue weighted by Gasteiger charge is 1.95. The van der Waals surface area contributed by atoms with Gasteiger partial charge in [-0.05, 0) is 6.92 Å². The number of hydrogen-bond donors (Lipinski definition) is 0. The van der Waals surface area contributed by atoms with E-state index in [0.29, 0.717) is 0 Å². The molecule has 0 fully saturated rings. The smallest absolute Gasteiger partial charge is 0.146 e. The van der Waals surface area contributed by atoms with Gasteiger partial charge >= 0.3 is 0 Å². The lowest BCUT2D eigenvalue weighted by Crippen LogP contribution is -1.80. The van der Waals surface area contributed by atoms with Crippen LogP contribution in [0.3, 0.4) is 0 Å². The molecule has 0 saturated heterocycles. The Kier molecular flexibility index (Phi) is 3.23. The number of thioether (sulfide) groups is 1. The highest BCUT2D eigenvalue weighted by molar-refractivity contribution is 7.98. The van der Waals surface area contributed by atoms with Crippen LogP contribution in [0.5, 0.6) is 0 Å². The van der Waals surface area contributed by atoms with E-state index in [2.05, 4.69) is 11.7 Å². The van der Waals surface area contributed by atoms with Crippen molar-refractivity contribution in [3.8, 4) is 0 Å². The maximum Gasteiger partial charge on any atom is 0.146 e. The van der Waals surface area contributed by atoms with E-state index >= 15 is 0 Å². The summed E-state index contributed by atoms with van der Waals surface area (Å²) >= 11 is 1.79. The van der Waals surface area contributed by atoms with Gasteiger partial charge in [0.2, 0.25) is 0 Å². The van der Waals surface area contributed by atoms with Crippen LogP contribution in [0.25, 0.3) is 0 Å². The molecule has 0 aliphatic carbocycles. The summed E-state index contributed by atoms with van der Waals surface area (Å²) in [5.41, 5.74) is 1.19. The quantitative estimate of drug-likeness (QED) is 0.648. The number of nitrogens with zero attached hydrogens (tertiary/aromatic N) is 1. The molecule has 0 saturated carbocycles. The Morgan fingerprint density at radius 1 is 1.82 bits per heavy atom. The maximum absolute atomic E-state index is 4.91. The van der Waals surface area contributed by atoms with Gasteiger partial charge in [0.15, 0.2) is 0 Å². The largest absolute Gasteiger partial charge is 0.361 e. The van der Waals surface area contributed by atoms with Crippen LogP contribution in [0.4, 0.5) is 0 Å². The average molecular weight is 169 g/mol. The summed E-state index contributed by atoms with van der Waals surface area (Å²) < 4.78 is 4.91. The van der Waals surface area contributed by atoms with E-state index in [1.54, 1.807) is 18.0 Å². The highest BCUT2D eigenvalue weighted by atomic mass is 32.2. The van der Waals surface area contributed by atoms with Crippen molar-refractivity contribution in [2.75, 3.05) is 5.75 Å². The molecule has 60 valence electrons. The molecule has 0 unspecified atom stereocenters. The zero-order valence-electron chi connectivity index (χ0n) is 6.54. The monoisotopic (exact) mass is 169 g/mol. The number of aromatic nitrogens is 1. The zero-order chi connectivity index (χ0) is 8.10. The number of hydrogen-bond acceptors (Lipinski definition) is 3. The van der Waals surface area contributed by atoms with Crippen molar-refractivity contribution in [2.45, 2.75) is 12.7 Å². The first-order valence-electron chi connectivity index (χ1n) is 3.40. The van der Waals surface area contributed by atoms with Gasteiger partial charge in [-0.1, -0.05) is 17.3 Å². The fourth-order valence-electron chi connectivity index (χ4n) is 0.642. The maximum atomic E-state index is 4.91. The molecule has 0 amide bonds. The van der Waals surface area contributed by atoms with E-state index in [0.717, 1.165) is 17.3 Å². The predicted octanol–water partition coefficient (Wildman–Crippen LogP) is 2.48. The van der Waals surface area contributed by atoms with E-state index < -0.39 is 0 Å². The van der Waals surface area contributed by atoms with Gasteiger partial charge in [-0.3, -0.25) is 0 Å². The normalized spacial score (nSPS) is 9.91. The zero-order valence-corrected chi connectivity index (χ0v) is 7.36. The SMILES string of the molecule is C=C(C)CSCc1ccno1. The van der Waals surface area contributed by atoms with Crippen molar-refractivity contribution >= 4 is 11.8 Å². The van der Waals surface area contributed by atoms with Gasteiger partial charge in [-0.25, -0.2) is 0 Å². The molecule has 11 heavy (non-hydrogen) atoms. The number of rotatable bonds is 4. The molecule has 3 heteroatoms. The summed E-state index contributed by atoms with van der Waals surface area (Å²) in [4.78, 5) is 0. The fraction of sp³-hybridized carbons (Fsp3) is 0.375. The molecule has 0 atom stereocenters. The Bertz CT molecular complexity index is 218. The lowest BCUT2D eigenvalue weighted by molar-refractivity contribution is 0.395. The van der Waals surface area contributed by atoms with Crippen molar-refractivity contribution in [1.82, 2.24) is 5.16 Å².